The normalized spacial score (nSPS) is 15.1. The van der Waals surface area contributed by atoms with E-state index in [1.165, 1.54) is 12.8 Å². The van der Waals surface area contributed by atoms with Crippen molar-refractivity contribution < 1.29 is 9.53 Å². The molecular weight excluding hydrogens is 224 g/mol. The van der Waals surface area contributed by atoms with E-state index in [0.717, 1.165) is 16.3 Å². The first-order valence-electron chi connectivity index (χ1n) is 5.66. The number of aromatic nitrogens is 2. The summed E-state index contributed by atoms with van der Waals surface area (Å²) in [7, 11) is 0. The number of esters is 1. The van der Waals surface area contributed by atoms with Gasteiger partial charge in [-0.3, -0.25) is 5.10 Å². The van der Waals surface area contributed by atoms with Gasteiger partial charge < -0.3 is 4.74 Å². The van der Waals surface area contributed by atoms with E-state index in [1.807, 2.05) is 0 Å². The third kappa shape index (κ3) is 2.24. The minimum absolute atomic E-state index is 0.318. The summed E-state index contributed by atoms with van der Waals surface area (Å²) in [6.07, 6.45) is 2.39. The van der Waals surface area contributed by atoms with Gasteiger partial charge in [-0.1, -0.05) is 6.92 Å². The second kappa shape index (κ2) is 4.91. The van der Waals surface area contributed by atoms with Gasteiger partial charge in [-0.05, 0) is 25.5 Å². The van der Waals surface area contributed by atoms with Gasteiger partial charge in [0.1, 0.15) is 0 Å². The van der Waals surface area contributed by atoms with E-state index < -0.39 is 0 Å². The van der Waals surface area contributed by atoms with Gasteiger partial charge in [-0.15, -0.1) is 11.8 Å². The fraction of sp³-hybridized carbons (Fsp3) is 0.636. The summed E-state index contributed by atoms with van der Waals surface area (Å²) < 4.78 is 4.99. The molecule has 4 nitrogen and oxygen atoms in total. The molecule has 0 aliphatic heterocycles. The number of hydrogen-bond acceptors (Lipinski definition) is 4. The largest absolute Gasteiger partial charge is 0.461 e. The summed E-state index contributed by atoms with van der Waals surface area (Å²) in [4.78, 5) is 12.7. The lowest BCUT2D eigenvalue weighted by Crippen LogP contribution is -2.06. The Balaban J connectivity index is 2.25. The predicted molar refractivity (Wildman–Crippen MR) is 62.9 cm³/mol. The monoisotopic (exact) mass is 240 g/mol. The maximum atomic E-state index is 11.7. The van der Waals surface area contributed by atoms with Crippen LogP contribution in [0.2, 0.25) is 0 Å². The third-order valence-electron chi connectivity index (χ3n) is 2.49. The van der Waals surface area contributed by atoms with E-state index in [0.29, 0.717) is 18.2 Å². The lowest BCUT2D eigenvalue weighted by Gasteiger charge is -2.02. The Kier molecular flexibility index (Phi) is 3.53. The van der Waals surface area contributed by atoms with Crippen LogP contribution < -0.4 is 0 Å². The van der Waals surface area contributed by atoms with Gasteiger partial charge >= 0.3 is 5.97 Å². The number of thioether (sulfide) groups is 1. The van der Waals surface area contributed by atoms with Crippen LogP contribution in [0.15, 0.2) is 4.90 Å². The van der Waals surface area contributed by atoms with Gasteiger partial charge in [0.2, 0.25) is 0 Å². The zero-order valence-electron chi connectivity index (χ0n) is 9.58. The third-order valence-corrected chi connectivity index (χ3v) is 3.48. The molecule has 1 aliphatic carbocycles. The highest BCUT2D eigenvalue weighted by atomic mass is 32.2. The van der Waals surface area contributed by atoms with Crippen molar-refractivity contribution in [3.63, 3.8) is 0 Å². The number of H-pyrrole nitrogens is 1. The van der Waals surface area contributed by atoms with E-state index in [2.05, 4.69) is 17.1 Å². The van der Waals surface area contributed by atoms with Crippen LogP contribution in [0.3, 0.4) is 0 Å². The van der Waals surface area contributed by atoms with Gasteiger partial charge in [0, 0.05) is 5.92 Å². The number of rotatable bonds is 5. The SMILES string of the molecule is CCOC(=O)c1n[nH]c(C2CC2)c1SCC. The second-order valence-corrected chi connectivity index (χ2v) is 5.02. The van der Waals surface area contributed by atoms with Crippen LogP contribution in [0.5, 0.6) is 0 Å². The van der Waals surface area contributed by atoms with E-state index in [9.17, 15) is 4.79 Å². The van der Waals surface area contributed by atoms with Crippen LogP contribution in [0, 0.1) is 0 Å². The molecule has 1 aromatic rings. The molecule has 0 bridgehead atoms. The van der Waals surface area contributed by atoms with Crippen LogP contribution in [-0.2, 0) is 4.74 Å². The molecule has 1 aliphatic rings. The van der Waals surface area contributed by atoms with E-state index in [1.54, 1.807) is 18.7 Å². The van der Waals surface area contributed by atoms with Crippen molar-refractivity contribution in [2.75, 3.05) is 12.4 Å². The quantitative estimate of drug-likeness (QED) is 0.635. The zero-order chi connectivity index (χ0) is 11.5. The van der Waals surface area contributed by atoms with Crippen LogP contribution in [0.4, 0.5) is 0 Å². The number of aromatic amines is 1. The predicted octanol–water partition coefficient (Wildman–Crippen LogP) is 2.58. The lowest BCUT2D eigenvalue weighted by atomic mass is 10.2. The second-order valence-electron chi connectivity index (χ2n) is 3.74. The van der Waals surface area contributed by atoms with Gasteiger partial charge in [0.25, 0.3) is 0 Å². The molecule has 0 saturated heterocycles. The number of nitrogens with one attached hydrogen (secondary N) is 1. The molecule has 16 heavy (non-hydrogen) atoms. The Morgan fingerprint density at radius 3 is 2.88 bits per heavy atom. The Morgan fingerprint density at radius 2 is 2.31 bits per heavy atom. The summed E-state index contributed by atoms with van der Waals surface area (Å²) >= 11 is 1.66. The van der Waals surface area contributed by atoms with Crippen molar-refractivity contribution >= 4 is 17.7 Å². The van der Waals surface area contributed by atoms with Crippen molar-refractivity contribution in [3.05, 3.63) is 11.4 Å². The minimum atomic E-state index is -0.318. The van der Waals surface area contributed by atoms with Crippen molar-refractivity contribution in [3.8, 4) is 0 Å². The molecule has 1 N–H and O–H groups in total. The summed E-state index contributed by atoms with van der Waals surface area (Å²) in [5.41, 5.74) is 1.57. The molecule has 1 heterocycles. The maximum absolute atomic E-state index is 11.7. The molecule has 5 heteroatoms. The molecule has 0 spiro atoms. The van der Waals surface area contributed by atoms with Gasteiger partial charge in [0.15, 0.2) is 5.69 Å². The number of carbonyl (C=O) groups is 1. The molecule has 0 unspecified atom stereocenters. The Labute approximate surface area is 99.1 Å². The fourth-order valence-corrected chi connectivity index (χ4v) is 2.54. The van der Waals surface area contributed by atoms with Gasteiger partial charge in [0.05, 0.1) is 17.2 Å². The summed E-state index contributed by atoms with van der Waals surface area (Å²) in [5.74, 6) is 1.19. The van der Waals surface area contributed by atoms with E-state index >= 15 is 0 Å². The van der Waals surface area contributed by atoms with Crippen LogP contribution in [0.1, 0.15) is 48.8 Å². The number of ether oxygens (including phenoxy) is 1. The molecule has 1 saturated carbocycles. The zero-order valence-corrected chi connectivity index (χ0v) is 10.4. The van der Waals surface area contributed by atoms with Crippen LogP contribution in [0.25, 0.3) is 0 Å². The van der Waals surface area contributed by atoms with Crippen molar-refractivity contribution in [1.82, 2.24) is 10.2 Å². The summed E-state index contributed by atoms with van der Waals surface area (Å²) in [5, 5.41) is 7.08. The Hall–Kier alpha value is -0.970. The molecule has 88 valence electrons. The Morgan fingerprint density at radius 1 is 1.56 bits per heavy atom. The average Bonchev–Trinajstić information content (AvgIpc) is 3.02. The molecule has 0 radical (unpaired) electrons. The molecule has 0 aromatic carbocycles. The first-order valence-corrected chi connectivity index (χ1v) is 6.64. The highest BCUT2D eigenvalue weighted by Crippen LogP contribution is 2.44. The van der Waals surface area contributed by atoms with Crippen LogP contribution in [-0.4, -0.2) is 28.5 Å². The first-order chi connectivity index (χ1) is 7.77. The Bertz CT molecular complexity index is 385. The average molecular weight is 240 g/mol. The molecule has 1 aromatic heterocycles. The van der Waals surface area contributed by atoms with E-state index in [4.69, 9.17) is 4.74 Å². The van der Waals surface area contributed by atoms with E-state index in [-0.39, 0.29) is 5.97 Å². The maximum Gasteiger partial charge on any atom is 0.360 e. The lowest BCUT2D eigenvalue weighted by molar-refractivity contribution is 0.0515. The smallest absolute Gasteiger partial charge is 0.360 e. The highest BCUT2D eigenvalue weighted by Gasteiger charge is 2.31. The topological polar surface area (TPSA) is 55.0 Å². The fourth-order valence-electron chi connectivity index (χ4n) is 1.62. The van der Waals surface area contributed by atoms with Gasteiger partial charge in [-0.2, -0.15) is 5.10 Å². The molecule has 0 atom stereocenters. The van der Waals surface area contributed by atoms with Crippen molar-refractivity contribution in [1.29, 1.82) is 0 Å². The summed E-state index contributed by atoms with van der Waals surface area (Å²) in [6, 6.07) is 0. The molecule has 1 fully saturated rings. The molecule has 2 rings (SSSR count). The van der Waals surface area contributed by atoms with Crippen molar-refractivity contribution in [2.45, 2.75) is 37.5 Å². The number of hydrogen-bond donors (Lipinski definition) is 1. The molecular formula is C11H16N2O2S. The first kappa shape index (κ1) is 11.5. The number of nitrogens with zero attached hydrogens (tertiary/aromatic N) is 1. The minimum Gasteiger partial charge on any atom is -0.461 e. The van der Waals surface area contributed by atoms with Crippen LogP contribution >= 0.6 is 11.8 Å². The number of carbonyl (C=O) groups excluding carboxylic acids is 1. The summed E-state index contributed by atoms with van der Waals surface area (Å²) in [6.45, 7) is 4.27. The molecule has 0 amide bonds. The standard InChI is InChI=1S/C11H16N2O2S/c1-3-15-11(14)9-10(16-4-2)8(12-13-9)7-5-6-7/h7H,3-6H2,1-2H3,(H,12,13). The van der Waals surface area contributed by atoms with Gasteiger partial charge in [-0.25, -0.2) is 4.79 Å². The van der Waals surface area contributed by atoms with Crippen molar-refractivity contribution in [2.24, 2.45) is 0 Å². The highest BCUT2D eigenvalue weighted by molar-refractivity contribution is 7.99.